The van der Waals surface area contributed by atoms with E-state index in [1.54, 1.807) is 32.2 Å². The maximum absolute atomic E-state index is 14.0. The highest BCUT2D eigenvalue weighted by molar-refractivity contribution is 5.93. The van der Waals surface area contributed by atoms with Crippen molar-refractivity contribution in [2.75, 3.05) is 0 Å². The van der Waals surface area contributed by atoms with Gasteiger partial charge in [0.1, 0.15) is 24.7 Å². The van der Waals surface area contributed by atoms with E-state index in [1.165, 1.54) is 6.92 Å². The third kappa shape index (κ3) is 16.0. The summed E-state index contributed by atoms with van der Waals surface area (Å²) in [4.78, 5) is 81.3. The summed E-state index contributed by atoms with van der Waals surface area (Å²) in [5.41, 5.74) is 2.36. The number of hydrogen-bond donors (Lipinski definition) is 9. The zero-order valence-electron chi connectivity index (χ0n) is 35.0. The van der Waals surface area contributed by atoms with Gasteiger partial charge in [0.05, 0.1) is 37.1 Å². The molecule has 0 fully saturated rings. The van der Waals surface area contributed by atoms with Crippen LogP contribution in [0.5, 0.6) is 0 Å². The van der Waals surface area contributed by atoms with Gasteiger partial charge in [-0.1, -0.05) is 90.1 Å². The van der Waals surface area contributed by atoms with E-state index >= 15 is 0 Å². The lowest BCUT2D eigenvalue weighted by molar-refractivity contribution is -0.140. The number of carboxylic acids is 1. The van der Waals surface area contributed by atoms with Crippen LogP contribution in [0, 0.1) is 17.8 Å². The third-order valence-corrected chi connectivity index (χ3v) is 9.75. The molecule has 3 rings (SSSR count). The molecule has 59 heavy (non-hydrogen) atoms. The van der Waals surface area contributed by atoms with Crippen LogP contribution in [0.25, 0.3) is 10.9 Å². The van der Waals surface area contributed by atoms with Crippen molar-refractivity contribution in [1.82, 2.24) is 31.6 Å². The minimum absolute atomic E-state index is 0.0215. The van der Waals surface area contributed by atoms with Crippen molar-refractivity contribution >= 4 is 46.6 Å². The number of carbonyl (C=O) groups is 6. The van der Waals surface area contributed by atoms with Crippen LogP contribution in [0.4, 0.5) is 4.79 Å². The SMILES string of the molecule is CC(C)CC(NC(=O)[C@H](C)NC(=O)C[C@H](O)[C@H](CC(C)C)NC(=O)[C@@H](NC(=O)[C@H](Cc1c[nH]c2ccccc12)NC(=O)OCc1ccccc1)C(C)C)[C@@H](O)CC(=O)O. The van der Waals surface area contributed by atoms with Crippen LogP contribution in [-0.2, 0) is 41.7 Å². The molecule has 1 heterocycles. The van der Waals surface area contributed by atoms with Gasteiger partial charge in [0.15, 0.2) is 0 Å². The molecule has 7 atom stereocenters. The number of fused-ring (bicyclic) bond motifs is 1. The third-order valence-electron chi connectivity index (χ3n) is 9.75. The summed E-state index contributed by atoms with van der Waals surface area (Å²) in [6, 6.07) is 11.4. The fourth-order valence-corrected chi connectivity index (χ4v) is 6.67. The lowest BCUT2D eigenvalue weighted by atomic mass is 9.95. The summed E-state index contributed by atoms with van der Waals surface area (Å²) >= 11 is 0. The number of nitrogens with one attached hydrogen (secondary N) is 6. The number of aliphatic hydroxyl groups excluding tert-OH is 2. The molecule has 16 nitrogen and oxygen atoms in total. The Morgan fingerprint density at radius 1 is 0.678 bits per heavy atom. The van der Waals surface area contributed by atoms with Gasteiger partial charge < -0.3 is 51.6 Å². The Morgan fingerprint density at radius 3 is 1.85 bits per heavy atom. The molecule has 0 aliphatic rings. The molecule has 16 heteroatoms. The molecule has 0 radical (unpaired) electrons. The van der Waals surface area contributed by atoms with Gasteiger partial charge in [0.2, 0.25) is 23.6 Å². The second-order valence-corrected chi connectivity index (χ2v) is 16.3. The Balaban J connectivity index is 1.71. The van der Waals surface area contributed by atoms with E-state index in [9.17, 15) is 39.0 Å². The Kier molecular flexibility index (Phi) is 18.8. The topological polar surface area (TPSA) is 248 Å². The number of amides is 5. The van der Waals surface area contributed by atoms with Crippen molar-refractivity contribution < 1.29 is 48.8 Å². The first kappa shape index (κ1) is 47.9. The van der Waals surface area contributed by atoms with Crippen LogP contribution in [0.2, 0.25) is 0 Å². The number of benzene rings is 2. The van der Waals surface area contributed by atoms with Crippen LogP contribution in [0.15, 0.2) is 60.8 Å². The molecular weight excluding hydrogens is 761 g/mol. The highest BCUT2D eigenvalue weighted by atomic mass is 16.5. The fraction of sp³-hybridized carbons (Fsp3) is 0.535. The van der Waals surface area contributed by atoms with Crippen molar-refractivity contribution in [1.29, 1.82) is 0 Å². The quantitative estimate of drug-likeness (QED) is 0.0675. The first-order valence-electron chi connectivity index (χ1n) is 20.1. The average Bonchev–Trinajstić information content (AvgIpc) is 3.57. The number of H-pyrrole nitrogens is 1. The number of ether oxygens (including phenoxy) is 1. The normalized spacial score (nSPS) is 15.1. The first-order chi connectivity index (χ1) is 27.8. The summed E-state index contributed by atoms with van der Waals surface area (Å²) in [6.07, 6.45) is -2.20. The minimum Gasteiger partial charge on any atom is -0.481 e. The van der Waals surface area contributed by atoms with Crippen LogP contribution in [0.1, 0.15) is 85.3 Å². The summed E-state index contributed by atoms with van der Waals surface area (Å²) in [5, 5.41) is 45.1. The number of carbonyl (C=O) groups excluding carboxylic acids is 5. The highest BCUT2D eigenvalue weighted by Crippen LogP contribution is 2.20. The summed E-state index contributed by atoms with van der Waals surface area (Å²) in [6.45, 7) is 12.3. The number of para-hydroxylation sites is 1. The zero-order valence-corrected chi connectivity index (χ0v) is 35.0. The van der Waals surface area contributed by atoms with Gasteiger partial charge in [-0.15, -0.1) is 0 Å². The molecule has 5 amide bonds. The van der Waals surface area contributed by atoms with Crippen LogP contribution in [-0.4, -0.2) is 98.4 Å². The minimum atomic E-state index is -1.39. The van der Waals surface area contributed by atoms with Gasteiger partial charge in [-0.3, -0.25) is 24.0 Å². The number of aliphatic carboxylic acids is 1. The monoisotopic (exact) mass is 822 g/mol. The summed E-state index contributed by atoms with van der Waals surface area (Å²) < 4.78 is 5.42. The molecule has 0 aliphatic carbocycles. The van der Waals surface area contributed by atoms with Crippen molar-refractivity contribution in [3.63, 3.8) is 0 Å². The number of hydrogen-bond acceptors (Lipinski definition) is 9. The number of rotatable bonds is 23. The van der Waals surface area contributed by atoms with Gasteiger partial charge in [-0.2, -0.15) is 0 Å². The van der Waals surface area contributed by atoms with E-state index in [0.717, 1.165) is 22.0 Å². The van der Waals surface area contributed by atoms with Crippen molar-refractivity contribution in [2.24, 2.45) is 17.8 Å². The largest absolute Gasteiger partial charge is 0.481 e. The van der Waals surface area contributed by atoms with Gasteiger partial charge in [0, 0.05) is 23.5 Å². The number of carboxylic acid groups (broad SMARTS) is 1. The molecular formula is C43H62N6O10. The zero-order chi connectivity index (χ0) is 43.8. The molecule has 2 aromatic carbocycles. The Labute approximate surface area is 345 Å². The standard InChI is InChI=1S/C43H62N6O10/c1-24(2)17-32(35(50)20-37(52)45-27(7)40(55)46-33(18-25(3)4)36(51)21-38(53)54)47-42(57)39(26(5)6)49-41(56)34(19-29-22-44-31-16-12-11-15-30(29)31)48-43(58)59-23-28-13-9-8-10-14-28/h8-16,22,24-27,32-36,39,44,50-51H,17-21,23H2,1-7H3,(H,45,52)(H,46,55)(H,47,57)(H,48,58)(H,49,56)(H,53,54)/t27-,32-,33?,34-,35-,36-,39-/m0/s1. The molecule has 1 aromatic heterocycles. The van der Waals surface area contributed by atoms with Crippen molar-refractivity contribution in [3.05, 3.63) is 71.9 Å². The maximum Gasteiger partial charge on any atom is 0.408 e. The van der Waals surface area contributed by atoms with E-state index in [4.69, 9.17) is 9.84 Å². The van der Waals surface area contributed by atoms with Crippen molar-refractivity contribution in [2.45, 2.75) is 130 Å². The number of aliphatic hydroxyl groups is 2. The first-order valence-corrected chi connectivity index (χ1v) is 20.1. The molecule has 324 valence electrons. The van der Waals surface area contributed by atoms with E-state index < -0.39 is 96.9 Å². The predicted octanol–water partition coefficient (Wildman–Crippen LogP) is 3.30. The number of alkyl carbamates (subject to hydrolysis) is 1. The molecule has 0 spiro atoms. The molecule has 9 N–H and O–H groups in total. The van der Waals surface area contributed by atoms with Gasteiger partial charge >= 0.3 is 12.1 Å². The molecule has 0 saturated heterocycles. The lowest BCUT2D eigenvalue weighted by Gasteiger charge is -2.30. The molecule has 0 bridgehead atoms. The second kappa shape index (κ2) is 23.2. The van der Waals surface area contributed by atoms with Crippen LogP contribution < -0.4 is 26.6 Å². The Hall–Kier alpha value is -5.48. The Bertz CT molecular complexity index is 1850. The molecule has 1 unspecified atom stereocenters. The molecule has 0 saturated carbocycles. The summed E-state index contributed by atoms with van der Waals surface area (Å²) in [5.74, 6) is -4.25. The van der Waals surface area contributed by atoms with Gasteiger partial charge in [-0.25, -0.2) is 4.79 Å². The fourth-order valence-electron chi connectivity index (χ4n) is 6.67. The van der Waals surface area contributed by atoms with Crippen molar-refractivity contribution in [3.8, 4) is 0 Å². The molecule has 3 aromatic rings. The van der Waals surface area contributed by atoms with Gasteiger partial charge in [-0.05, 0) is 54.7 Å². The Morgan fingerprint density at radius 2 is 1.25 bits per heavy atom. The molecule has 0 aliphatic heterocycles. The van der Waals surface area contributed by atoms with E-state index in [1.807, 2.05) is 70.2 Å². The van der Waals surface area contributed by atoms with Crippen LogP contribution in [0.3, 0.4) is 0 Å². The second-order valence-electron chi connectivity index (χ2n) is 16.3. The van der Waals surface area contributed by atoms with E-state index in [-0.39, 0.29) is 31.3 Å². The lowest BCUT2D eigenvalue weighted by Crippen LogP contribution is -2.58. The van der Waals surface area contributed by atoms with Gasteiger partial charge in [0.25, 0.3) is 0 Å². The maximum atomic E-state index is 14.0. The average molecular weight is 823 g/mol. The van der Waals surface area contributed by atoms with Crippen LogP contribution >= 0.6 is 0 Å². The smallest absolute Gasteiger partial charge is 0.408 e. The predicted molar refractivity (Wildman–Crippen MR) is 222 cm³/mol. The van der Waals surface area contributed by atoms with E-state index in [0.29, 0.717) is 6.42 Å². The highest BCUT2D eigenvalue weighted by Gasteiger charge is 2.34. The number of aromatic nitrogens is 1. The van der Waals surface area contributed by atoms with E-state index in [2.05, 4.69) is 31.6 Å². The summed E-state index contributed by atoms with van der Waals surface area (Å²) in [7, 11) is 0. The number of aromatic amines is 1.